The third-order valence-electron chi connectivity index (χ3n) is 3.13. The van der Waals surface area contributed by atoms with E-state index in [2.05, 4.69) is 11.9 Å². The van der Waals surface area contributed by atoms with Crippen LogP contribution in [0, 0.1) is 0 Å². The molecule has 0 aromatic carbocycles. The summed E-state index contributed by atoms with van der Waals surface area (Å²) >= 11 is 0. The first-order valence-electron chi connectivity index (χ1n) is 6.74. The van der Waals surface area contributed by atoms with Crippen LogP contribution < -0.4 is 5.32 Å². The first-order valence-corrected chi connectivity index (χ1v) is 6.74. The van der Waals surface area contributed by atoms with Gasteiger partial charge in [-0.25, -0.2) is 0 Å². The van der Waals surface area contributed by atoms with Gasteiger partial charge < -0.3 is 10.1 Å². The molecule has 94 valence electrons. The summed E-state index contributed by atoms with van der Waals surface area (Å²) in [5, 5.41) is 3.61. The Hall–Kier alpha value is -0.340. The number of nitrogens with one attached hydrogen (secondary N) is 1. The fourth-order valence-electron chi connectivity index (χ4n) is 2.24. The summed E-state index contributed by atoms with van der Waals surface area (Å²) in [7, 11) is 0. The van der Waals surface area contributed by atoms with E-state index in [1.165, 1.54) is 44.9 Å². The Balaban J connectivity index is 1.99. The molecule has 0 heterocycles. The highest BCUT2D eigenvalue weighted by molar-refractivity contribution is 4.87. The molecule has 0 unspecified atom stereocenters. The number of hydrogen-bond acceptors (Lipinski definition) is 2. The minimum Gasteiger partial charge on any atom is -0.376 e. The van der Waals surface area contributed by atoms with Gasteiger partial charge in [0.2, 0.25) is 0 Å². The molecule has 0 aromatic rings. The second kappa shape index (κ2) is 8.77. The Morgan fingerprint density at radius 3 is 2.44 bits per heavy atom. The van der Waals surface area contributed by atoms with E-state index in [0.29, 0.717) is 6.61 Å². The van der Waals surface area contributed by atoms with Crippen LogP contribution in [0.5, 0.6) is 0 Å². The molecule has 1 aliphatic rings. The van der Waals surface area contributed by atoms with Crippen LogP contribution in [0.3, 0.4) is 0 Å². The van der Waals surface area contributed by atoms with Crippen molar-refractivity contribution < 1.29 is 4.74 Å². The Bertz CT molecular complexity index is 183. The summed E-state index contributed by atoms with van der Waals surface area (Å²) in [5.41, 5.74) is 1.10. The van der Waals surface area contributed by atoms with Crippen molar-refractivity contribution in [2.75, 3.05) is 19.8 Å². The number of ether oxygens (including phenoxy) is 1. The van der Waals surface area contributed by atoms with Gasteiger partial charge in [0, 0.05) is 12.6 Å². The largest absolute Gasteiger partial charge is 0.376 e. The number of rotatable bonds is 6. The van der Waals surface area contributed by atoms with E-state index in [4.69, 9.17) is 4.74 Å². The van der Waals surface area contributed by atoms with Crippen molar-refractivity contribution in [3.8, 4) is 0 Å². The van der Waals surface area contributed by atoms with E-state index in [9.17, 15) is 0 Å². The summed E-state index contributed by atoms with van der Waals surface area (Å²) in [6.07, 6.45) is 9.76. The predicted octanol–water partition coefficient (Wildman–Crippen LogP) is 3.28. The van der Waals surface area contributed by atoms with Gasteiger partial charge in [-0.3, -0.25) is 0 Å². The highest BCUT2D eigenvalue weighted by atomic mass is 16.5. The van der Waals surface area contributed by atoms with Crippen LogP contribution in [-0.4, -0.2) is 25.8 Å². The molecule has 2 heteroatoms. The van der Waals surface area contributed by atoms with Gasteiger partial charge in [-0.2, -0.15) is 0 Å². The van der Waals surface area contributed by atoms with Gasteiger partial charge in [0.25, 0.3) is 0 Å². The molecule has 0 radical (unpaired) electrons. The van der Waals surface area contributed by atoms with Crippen LogP contribution in [0.15, 0.2) is 12.2 Å². The van der Waals surface area contributed by atoms with E-state index in [0.717, 1.165) is 24.8 Å². The molecule has 1 rings (SSSR count). The Morgan fingerprint density at radius 1 is 1.19 bits per heavy atom. The highest BCUT2D eigenvalue weighted by Crippen LogP contribution is 2.16. The van der Waals surface area contributed by atoms with Crippen molar-refractivity contribution in [3.05, 3.63) is 12.2 Å². The average Bonchev–Trinajstić information content (AvgIpc) is 2.19. The van der Waals surface area contributed by atoms with Crippen LogP contribution in [0.4, 0.5) is 0 Å². The van der Waals surface area contributed by atoms with Gasteiger partial charge >= 0.3 is 0 Å². The van der Waals surface area contributed by atoms with Gasteiger partial charge in [-0.1, -0.05) is 44.3 Å². The van der Waals surface area contributed by atoms with Gasteiger partial charge in [-0.15, -0.1) is 0 Å². The molecule has 0 spiro atoms. The van der Waals surface area contributed by atoms with Crippen LogP contribution in [0.25, 0.3) is 0 Å². The molecule has 1 N–H and O–H groups in total. The van der Waals surface area contributed by atoms with Crippen molar-refractivity contribution in [1.29, 1.82) is 0 Å². The molecule has 1 saturated carbocycles. The zero-order valence-electron chi connectivity index (χ0n) is 10.8. The molecule has 0 bridgehead atoms. The lowest BCUT2D eigenvalue weighted by Crippen LogP contribution is -2.32. The fraction of sp³-hybridized carbons (Fsp3) is 0.857. The Morgan fingerprint density at radius 2 is 1.81 bits per heavy atom. The third kappa shape index (κ3) is 7.02. The first kappa shape index (κ1) is 13.7. The summed E-state index contributed by atoms with van der Waals surface area (Å²) < 4.78 is 5.48. The first-order chi connectivity index (χ1) is 7.79. The highest BCUT2D eigenvalue weighted by Gasteiger charge is 2.09. The zero-order valence-corrected chi connectivity index (χ0v) is 10.8. The van der Waals surface area contributed by atoms with Crippen LogP contribution in [0.2, 0.25) is 0 Å². The van der Waals surface area contributed by atoms with Crippen molar-refractivity contribution in [1.82, 2.24) is 5.32 Å². The van der Waals surface area contributed by atoms with Crippen LogP contribution in [0.1, 0.15) is 51.9 Å². The normalized spacial score (nSPS) is 19.1. The van der Waals surface area contributed by atoms with Crippen molar-refractivity contribution >= 4 is 0 Å². The molecular weight excluding hydrogens is 198 g/mol. The maximum Gasteiger partial charge on any atom is 0.0672 e. The van der Waals surface area contributed by atoms with Gasteiger partial charge in [0.1, 0.15) is 0 Å². The molecule has 0 saturated heterocycles. The maximum absolute atomic E-state index is 5.48. The SMILES string of the molecule is C=C(C)COCCNC1CCCCCCC1. The van der Waals surface area contributed by atoms with Crippen LogP contribution in [-0.2, 0) is 4.74 Å². The minimum atomic E-state index is 0.701. The summed E-state index contributed by atoms with van der Waals surface area (Å²) in [4.78, 5) is 0. The molecular formula is C14H27NO. The van der Waals surface area contributed by atoms with Crippen molar-refractivity contribution in [2.24, 2.45) is 0 Å². The lowest BCUT2D eigenvalue weighted by atomic mass is 9.97. The van der Waals surface area contributed by atoms with Crippen LogP contribution >= 0.6 is 0 Å². The fourth-order valence-corrected chi connectivity index (χ4v) is 2.24. The minimum absolute atomic E-state index is 0.701. The van der Waals surface area contributed by atoms with E-state index in [1.807, 2.05) is 6.92 Å². The van der Waals surface area contributed by atoms with Crippen molar-refractivity contribution in [2.45, 2.75) is 57.9 Å². The van der Waals surface area contributed by atoms with E-state index in [-0.39, 0.29) is 0 Å². The van der Waals surface area contributed by atoms with Crippen molar-refractivity contribution in [3.63, 3.8) is 0 Å². The molecule has 0 atom stereocenters. The number of hydrogen-bond donors (Lipinski definition) is 1. The van der Waals surface area contributed by atoms with E-state index in [1.54, 1.807) is 0 Å². The molecule has 1 aliphatic carbocycles. The summed E-state index contributed by atoms with van der Waals surface area (Å²) in [6.45, 7) is 8.32. The molecule has 0 aromatic heterocycles. The zero-order chi connectivity index (χ0) is 11.6. The lowest BCUT2D eigenvalue weighted by Gasteiger charge is -2.21. The maximum atomic E-state index is 5.48. The standard InChI is InChI=1S/C14H27NO/c1-13(2)12-16-11-10-15-14-8-6-4-3-5-7-9-14/h14-15H,1,3-12H2,2H3. The molecule has 0 aliphatic heterocycles. The second-order valence-corrected chi connectivity index (χ2v) is 5.01. The molecule has 2 nitrogen and oxygen atoms in total. The Labute approximate surface area is 100 Å². The smallest absolute Gasteiger partial charge is 0.0672 e. The predicted molar refractivity (Wildman–Crippen MR) is 69.7 cm³/mol. The quantitative estimate of drug-likeness (QED) is 0.553. The molecule has 16 heavy (non-hydrogen) atoms. The monoisotopic (exact) mass is 225 g/mol. The molecule has 1 fully saturated rings. The van der Waals surface area contributed by atoms with E-state index >= 15 is 0 Å². The van der Waals surface area contributed by atoms with Gasteiger partial charge in [0.15, 0.2) is 0 Å². The summed E-state index contributed by atoms with van der Waals surface area (Å²) in [5.74, 6) is 0. The Kier molecular flexibility index (Phi) is 7.52. The topological polar surface area (TPSA) is 21.3 Å². The summed E-state index contributed by atoms with van der Waals surface area (Å²) in [6, 6.07) is 0.730. The second-order valence-electron chi connectivity index (χ2n) is 5.01. The average molecular weight is 225 g/mol. The van der Waals surface area contributed by atoms with E-state index < -0.39 is 0 Å². The van der Waals surface area contributed by atoms with Gasteiger partial charge in [-0.05, 0) is 19.8 Å². The van der Waals surface area contributed by atoms with Gasteiger partial charge in [0.05, 0.1) is 13.2 Å². The lowest BCUT2D eigenvalue weighted by molar-refractivity contribution is 0.154. The molecule has 0 amide bonds. The third-order valence-corrected chi connectivity index (χ3v) is 3.13.